The zero-order valence-electron chi connectivity index (χ0n) is 10.8. The highest BCUT2D eigenvalue weighted by Gasteiger charge is 2.16. The van der Waals surface area contributed by atoms with Crippen LogP contribution in [0.3, 0.4) is 0 Å². The van der Waals surface area contributed by atoms with Gasteiger partial charge in [0.2, 0.25) is 5.91 Å². The fraction of sp³-hybridized carbons (Fsp3) is 0.385. The van der Waals surface area contributed by atoms with Crippen molar-refractivity contribution in [3.8, 4) is 0 Å². The number of hydrogen-bond acceptors (Lipinski definition) is 4. The first kappa shape index (κ1) is 15.1. The van der Waals surface area contributed by atoms with Crippen LogP contribution in [-0.4, -0.2) is 30.1 Å². The van der Waals surface area contributed by atoms with Gasteiger partial charge in [0.05, 0.1) is 12.6 Å². The Morgan fingerprint density at radius 1 is 1.42 bits per heavy atom. The van der Waals surface area contributed by atoms with Gasteiger partial charge in [0, 0.05) is 24.8 Å². The normalized spacial score (nSPS) is 11.9. The second-order valence-electron chi connectivity index (χ2n) is 4.12. The van der Waals surface area contributed by atoms with Crippen LogP contribution in [0.15, 0.2) is 24.3 Å². The Balaban J connectivity index is 2.63. The van der Waals surface area contributed by atoms with Crippen LogP contribution in [0.2, 0.25) is 0 Å². The molecular formula is C13H18N2O4. The average Bonchev–Trinajstić information content (AvgIpc) is 2.38. The molecule has 0 spiro atoms. The van der Waals surface area contributed by atoms with Gasteiger partial charge in [-0.1, -0.05) is 18.2 Å². The number of ether oxygens (including phenoxy) is 1. The van der Waals surface area contributed by atoms with E-state index in [-0.39, 0.29) is 12.8 Å². The second-order valence-corrected chi connectivity index (χ2v) is 4.12. The molecule has 0 aliphatic heterocycles. The number of carbonyl (C=O) groups excluding carboxylic acids is 1. The lowest BCUT2D eigenvalue weighted by Gasteiger charge is -2.14. The number of para-hydroxylation sites is 1. The molecule has 1 rings (SSSR count). The van der Waals surface area contributed by atoms with Crippen molar-refractivity contribution in [3.63, 3.8) is 0 Å². The van der Waals surface area contributed by atoms with Gasteiger partial charge in [-0.25, -0.2) is 0 Å². The molecule has 0 saturated carbocycles. The van der Waals surface area contributed by atoms with E-state index in [2.05, 4.69) is 5.32 Å². The van der Waals surface area contributed by atoms with Crippen molar-refractivity contribution in [2.75, 3.05) is 12.4 Å². The molecule has 1 unspecified atom stereocenters. The number of methoxy groups -OCH3 is 1. The van der Waals surface area contributed by atoms with Gasteiger partial charge in [0.15, 0.2) is 0 Å². The molecule has 0 saturated heterocycles. The lowest BCUT2D eigenvalue weighted by molar-refractivity contribution is -0.137. The Hall–Kier alpha value is -1.92. The first-order chi connectivity index (χ1) is 9.04. The number of carboxylic acids is 1. The van der Waals surface area contributed by atoms with Crippen LogP contribution in [0, 0.1) is 0 Å². The zero-order valence-corrected chi connectivity index (χ0v) is 10.8. The maximum atomic E-state index is 11.8. The maximum Gasteiger partial charge on any atom is 0.303 e. The van der Waals surface area contributed by atoms with E-state index in [1.807, 2.05) is 12.1 Å². The van der Waals surface area contributed by atoms with Crippen LogP contribution < -0.4 is 11.1 Å². The molecule has 0 aliphatic carbocycles. The third-order valence-electron chi connectivity index (χ3n) is 2.58. The molecular weight excluding hydrogens is 248 g/mol. The summed E-state index contributed by atoms with van der Waals surface area (Å²) in [5.41, 5.74) is 7.09. The van der Waals surface area contributed by atoms with Crippen LogP contribution >= 0.6 is 0 Å². The van der Waals surface area contributed by atoms with E-state index in [1.54, 1.807) is 19.2 Å². The van der Waals surface area contributed by atoms with Crippen LogP contribution in [0.1, 0.15) is 18.4 Å². The predicted octanol–water partition coefficient (Wildman–Crippen LogP) is 0.964. The molecule has 0 aliphatic rings. The minimum atomic E-state index is -0.969. The topological polar surface area (TPSA) is 102 Å². The van der Waals surface area contributed by atoms with Gasteiger partial charge in [-0.15, -0.1) is 0 Å². The van der Waals surface area contributed by atoms with Crippen LogP contribution in [-0.2, 0) is 20.9 Å². The van der Waals surface area contributed by atoms with E-state index >= 15 is 0 Å². The summed E-state index contributed by atoms with van der Waals surface area (Å²) in [5, 5.41) is 11.2. The summed E-state index contributed by atoms with van der Waals surface area (Å²) in [6.45, 7) is 0.376. The summed E-state index contributed by atoms with van der Waals surface area (Å²) in [5.74, 6) is -1.37. The fourth-order valence-electron chi connectivity index (χ4n) is 1.56. The fourth-order valence-corrected chi connectivity index (χ4v) is 1.56. The van der Waals surface area contributed by atoms with Crippen LogP contribution in [0.25, 0.3) is 0 Å². The quantitative estimate of drug-likeness (QED) is 0.682. The van der Waals surface area contributed by atoms with Crippen LogP contribution in [0.5, 0.6) is 0 Å². The summed E-state index contributed by atoms with van der Waals surface area (Å²) in [4.78, 5) is 22.2. The number of anilines is 1. The molecule has 4 N–H and O–H groups in total. The van der Waals surface area contributed by atoms with Crippen molar-refractivity contribution >= 4 is 17.6 Å². The molecule has 0 radical (unpaired) electrons. The lowest BCUT2D eigenvalue weighted by atomic mass is 10.1. The number of nitrogens with one attached hydrogen (secondary N) is 1. The lowest BCUT2D eigenvalue weighted by Crippen LogP contribution is -2.36. The molecule has 6 heteroatoms. The molecule has 0 bridgehead atoms. The number of benzene rings is 1. The predicted molar refractivity (Wildman–Crippen MR) is 70.6 cm³/mol. The van der Waals surface area contributed by atoms with E-state index in [1.165, 1.54) is 0 Å². The monoisotopic (exact) mass is 266 g/mol. The number of aliphatic carboxylic acids is 1. The Bertz CT molecular complexity index is 448. The molecule has 1 atom stereocenters. The second kappa shape index (κ2) is 7.50. The number of rotatable bonds is 7. The number of nitrogens with two attached hydrogens (primary N) is 1. The highest BCUT2D eigenvalue weighted by molar-refractivity contribution is 5.95. The zero-order chi connectivity index (χ0) is 14.3. The molecule has 1 aromatic carbocycles. The van der Waals surface area contributed by atoms with Gasteiger partial charge >= 0.3 is 5.97 Å². The largest absolute Gasteiger partial charge is 0.481 e. The summed E-state index contributed by atoms with van der Waals surface area (Å²) in [6.07, 6.45) is -0.0259. The van der Waals surface area contributed by atoms with E-state index in [9.17, 15) is 9.59 Å². The SMILES string of the molecule is COCc1ccccc1NC(=O)C(N)CCC(=O)O. The van der Waals surface area contributed by atoms with Gasteiger partial charge in [0.1, 0.15) is 0 Å². The van der Waals surface area contributed by atoms with Gasteiger partial charge in [-0.3, -0.25) is 9.59 Å². The number of amides is 1. The van der Waals surface area contributed by atoms with Crippen molar-refractivity contribution < 1.29 is 19.4 Å². The van der Waals surface area contributed by atoms with Crippen molar-refractivity contribution in [2.45, 2.75) is 25.5 Å². The van der Waals surface area contributed by atoms with E-state index < -0.39 is 17.9 Å². The summed E-state index contributed by atoms with van der Waals surface area (Å²) >= 11 is 0. The van der Waals surface area contributed by atoms with E-state index in [4.69, 9.17) is 15.6 Å². The highest BCUT2D eigenvalue weighted by atomic mass is 16.5. The minimum absolute atomic E-state index is 0.105. The number of carbonyl (C=O) groups is 2. The molecule has 1 amide bonds. The first-order valence-electron chi connectivity index (χ1n) is 5.89. The maximum absolute atomic E-state index is 11.8. The first-order valence-corrected chi connectivity index (χ1v) is 5.89. The van der Waals surface area contributed by atoms with Crippen molar-refractivity contribution in [3.05, 3.63) is 29.8 Å². The third-order valence-corrected chi connectivity index (χ3v) is 2.58. The van der Waals surface area contributed by atoms with Crippen LogP contribution in [0.4, 0.5) is 5.69 Å². The molecule has 1 aromatic rings. The van der Waals surface area contributed by atoms with Crippen molar-refractivity contribution in [1.29, 1.82) is 0 Å². The van der Waals surface area contributed by atoms with E-state index in [0.29, 0.717) is 12.3 Å². The number of carboxylic acid groups (broad SMARTS) is 1. The van der Waals surface area contributed by atoms with E-state index in [0.717, 1.165) is 5.56 Å². The highest BCUT2D eigenvalue weighted by Crippen LogP contribution is 2.16. The molecule has 0 fully saturated rings. The Kier molecular flexibility index (Phi) is 5.98. The Labute approximate surface area is 111 Å². The standard InChI is InChI=1S/C13H18N2O4/c1-19-8-9-4-2-3-5-11(9)15-13(18)10(14)6-7-12(16)17/h2-5,10H,6-8,14H2,1H3,(H,15,18)(H,16,17). The Morgan fingerprint density at radius 2 is 2.11 bits per heavy atom. The summed E-state index contributed by atoms with van der Waals surface area (Å²) < 4.78 is 5.03. The molecule has 19 heavy (non-hydrogen) atoms. The minimum Gasteiger partial charge on any atom is -0.481 e. The molecule has 6 nitrogen and oxygen atoms in total. The molecule has 0 heterocycles. The van der Waals surface area contributed by atoms with Crippen molar-refractivity contribution in [1.82, 2.24) is 0 Å². The molecule has 104 valence electrons. The smallest absolute Gasteiger partial charge is 0.303 e. The summed E-state index contributed by atoms with van der Waals surface area (Å²) in [7, 11) is 1.57. The molecule has 0 aromatic heterocycles. The van der Waals surface area contributed by atoms with Gasteiger partial charge < -0.3 is 20.9 Å². The average molecular weight is 266 g/mol. The summed E-state index contributed by atoms with van der Waals surface area (Å²) in [6, 6.07) is 6.37. The van der Waals surface area contributed by atoms with Crippen molar-refractivity contribution in [2.24, 2.45) is 5.73 Å². The van der Waals surface area contributed by atoms with Gasteiger partial charge in [-0.05, 0) is 12.5 Å². The third kappa shape index (κ3) is 5.07. The Morgan fingerprint density at radius 3 is 2.74 bits per heavy atom. The number of hydrogen-bond donors (Lipinski definition) is 3. The van der Waals surface area contributed by atoms with Gasteiger partial charge in [0.25, 0.3) is 0 Å². The van der Waals surface area contributed by atoms with Gasteiger partial charge in [-0.2, -0.15) is 0 Å².